The maximum absolute atomic E-state index is 5.73. The van der Waals surface area contributed by atoms with Gasteiger partial charge in [0.15, 0.2) is 11.5 Å². The Hall–Kier alpha value is -1.42. The lowest BCUT2D eigenvalue weighted by Gasteiger charge is -2.41. The van der Waals surface area contributed by atoms with Crippen molar-refractivity contribution in [2.45, 2.75) is 12.3 Å². The van der Waals surface area contributed by atoms with Crippen LogP contribution in [0.25, 0.3) is 0 Å². The fourth-order valence-electron chi connectivity index (χ4n) is 3.64. The lowest BCUT2D eigenvalue weighted by Crippen LogP contribution is -2.42. The van der Waals surface area contributed by atoms with Gasteiger partial charge in [0, 0.05) is 24.8 Å². The normalized spacial score (nSPS) is 29.1. The average Bonchev–Trinajstić information content (AvgIpc) is 2.44. The van der Waals surface area contributed by atoms with Gasteiger partial charge in [0.25, 0.3) is 0 Å². The summed E-state index contributed by atoms with van der Waals surface area (Å²) >= 11 is 0. The van der Waals surface area contributed by atoms with Gasteiger partial charge < -0.3 is 19.7 Å². The largest absolute Gasteiger partial charge is 0.486 e. The van der Waals surface area contributed by atoms with E-state index in [4.69, 9.17) is 9.47 Å². The van der Waals surface area contributed by atoms with E-state index in [0.717, 1.165) is 18.0 Å². The molecule has 1 aromatic carbocycles. The summed E-state index contributed by atoms with van der Waals surface area (Å²) in [7, 11) is 2.22. The molecule has 4 nitrogen and oxygen atoms in total. The molecule has 4 heteroatoms. The number of likely N-dealkylation sites (tertiary alicyclic amines) is 1. The second kappa shape index (κ2) is 4.30. The lowest BCUT2D eigenvalue weighted by molar-refractivity contribution is 0.168. The Morgan fingerprint density at radius 3 is 2.84 bits per heavy atom. The van der Waals surface area contributed by atoms with E-state index in [2.05, 4.69) is 29.4 Å². The van der Waals surface area contributed by atoms with Crippen molar-refractivity contribution in [2.24, 2.45) is 5.92 Å². The monoisotopic (exact) mass is 260 g/mol. The molecule has 3 aliphatic heterocycles. The van der Waals surface area contributed by atoms with Crippen molar-refractivity contribution in [3.05, 3.63) is 17.7 Å². The Labute approximate surface area is 113 Å². The quantitative estimate of drug-likeness (QED) is 0.772. The molecule has 2 unspecified atom stereocenters. The van der Waals surface area contributed by atoms with Crippen LogP contribution in [-0.4, -0.2) is 44.8 Å². The van der Waals surface area contributed by atoms with Crippen LogP contribution >= 0.6 is 0 Å². The number of ether oxygens (including phenoxy) is 2. The standard InChI is InChI=1S/C15H20N2O2/c1-17-3-2-11-10(9-17)8-16-13-7-15-14(6-12(11)13)18-4-5-19-15/h6-7,10-11,16H,2-5,8-9H2,1H3. The van der Waals surface area contributed by atoms with Crippen molar-refractivity contribution in [1.82, 2.24) is 4.90 Å². The summed E-state index contributed by atoms with van der Waals surface area (Å²) in [5.41, 5.74) is 2.67. The number of rotatable bonds is 0. The molecule has 0 bridgehead atoms. The smallest absolute Gasteiger partial charge is 0.163 e. The van der Waals surface area contributed by atoms with Crippen LogP contribution in [0, 0.1) is 5.92 Å². The molecule has 0 amide bonds. The number of benzene rings is 1. The summed E-state index contributed by atoms with van der Waals surface area (Å²) in [5, 5.41) is 3.57. The number of hydrogen-bond donors (Lipinski definition) is 1. The Morgan fingerprint density at radius 1 is 1.21 bits per heavy atom. The van der Waals surface area contributed by atoms with Crippen LogP contribution in [0.2, 0.25) is 0 Å². The highest BCUT2D eigenvalue weighted by Gasteiger charge is 2.34. The zero-order chi connectivity index (χ0) is 12.8. The summed E-state index contributed by atoms with van der Waals surface area (Å²) in [5.74, 6) is 3.20. The lowest BCUT2D eigenvalue weighted by atomic mass is 9.77. The van der Waals surface area contributed by atoms with Crippen molar-refractivity contribution >= 4 is 5.69 Å². The molecule has 3 aliphatic rings. The van der Waals surface area contributed by atoms with Gasteiger partial charge in [0.05, 0.1) is 0 Å². The molecule has 0 radical (unpaired) electrons. The molecule has 19 heavy (non-hydrogen) atoms. The average molecular weight is 260 g/mol. The van der Waals surface area contributed by atoms with Gasteiger partial charge in [-0.25, -0.2) is 0 Å². The second-order valence-corrected chi connectivity index (χ2v) is 5.88. The third kappa shape index (κ3) is 1.86. The zero-order valence-corrected chi connectivity index (χ0v) is 11.3. The molecule has 0 saturated carbocycles. The van der Waals surface area contributed by atoms with Crippen molar-refractivity contribution in [3.8, 4) is 11.5 Å². The first-order chi connectivity index (χ1) is 9.31. The molecule has 102 valence electrons. The minimum absolute atomic E-state index is 0.655. The summed E-state index contributed by atoms with van der Waals surface area (Å²) in [6.07, 6.45) is 1.25. The Morgan fingerprint density at radius 2 is 2.00 bits per heavy atom. The van der Waals surface area contributed by atoms with Crippen molar-refractivity contribution < 1.29 is 9.47 Å². The van der Waals surface area contributed by atoms with E-state index in [-0.39, 0.29) is 0 Å². The third-order valence-corrected chi connectivity index (χ3v) is 4.61. The van der Waals surface area contributed by atoms with E-state index in [0.29, 0.717) is 25.0 Å². The minimum Gasteiger partial charge on any atom is -0.486 e. The van der Waals surface area contributed by atoms with Crippen LogP contribution in [0.3, 0.4) is 0 Å². The molecule has 1 N–H and O–H groups in total. The van der Waals surface area contributed by atoms with E-state index >= 15 is 0 Å². The molecular formula is C15H20N2O2. The first-order valence-corrected chi connectivity index (χ1v) is 7.17. The molecule has 0 spiro atoms. The van der Waals surface area contributed by atoms with Gasteiger partial charge in [-0.15, -0.1) is 0 Å². The van der Waals surface area contributed by atoms with Crippen LogP contribution < -0.4 is 14.8 Å². The molecule has 4 rings (SSSR count). The highest BCUT2D eigenvalue weighted by molar-refractivity contribution is 5.63. The van der Waals surface area contributed by atoms with E-state index in [1.165, 1.54) is 30.8 Å². The van der Waals surface area contributed by atoms with E-state index < -0.39 is 0 Å². The van der Waals surface area contributed by atoms with Gasteiger partial charge in [-0.05, 0) is 43.5 Å². The van der Waals surface area contributed by atoms with Gasteiger partial charge >= 0.3 is 0 Å². The van der Waals surface area contributed by atoms with Crippen molar-refractivity contribution in [1.29, 1.82) is 0 Å². The molecule has 0 aliphatic carbocycles. The SMILES string of the molecule is CN1CCC2c3cc4c(cc3NCC2C1)OCCO4. The van der Waals surface area contributed by atoms with Crippen molar-refractivity contribution in [2.75, 3.05) is 45.2 Å². The third-order valence-electron chi connectivity index (χ3n) is 4.61. The molecule has 1 saturated heterocycles. The summed E-state index contributed by atoms with van der Waals surface area (Å²) in [4.78, 5) is 2.44. The van der Waals surface area contributed by atoms with Crippen molar-refractivity contribution in [3.63, 3.8) is 0 Å². The maximum atomic E-state index is 5.73. The Kier molecular flexibility index (Phi) is 2.58. The highest BCUT2D eigenvalue weighted by Crippen LogP contribution is 2.45. The fraction of sp³-hybridized carbons (Fsp3) is 0.600. The molecule has 3 heterocycles. The first kappa shape index (κ1) is 11.4. The van der Waals surface area contributed by atoms with Gasteiger partial charge in [-0.2, -0.15) is 0 Å². The van der Waals surface area contributed by atoms with Gasteiger partial charge in [0.1, 0.15) is 13.2 Å². The zero-order valence-electron chi connectivity index (χ0n) is 11.3. The minimum atomic E-state index is 0.655. The number of anilines is 1. The predicted octanol–water partition coefficient (Wildman–Crippen LogP) is 1.92. The second-order valence-electron chi connectivity index (χ2n) is 5.88. The summed E-state index contributed by atoms with van der Waals surface area (Å²) in [6, 6.07) is 4.33. The Balaban J connectivity index is 1.72. The summed E-state index contributed by atoms with van der Waals surface area (Å²) in [6.45, 7) is 4.76. The molecule has 2 atom stereocenters. The molecule has 1 fully saturated rings. The van der Waals surface area contributed by atoms with Crippen LogP contribution in [-0.2, 0) is 0 Å². The van der Waals surface area contributed by atoms with Crippen LogP contribution in [0.1, 0.15) is 17.9 Å². The molecule has 0 aromatic heterocycles. The van der Waals surface area contributed by atoms with Crippen LogP contribution in [0.15, 0.2) is 12.1 Å². The van der Waals surface area contributed by atoms with E-state index in [1.54, 1.807) is 0 Å². The van der Waals surface area contributed by atoms with Crippen LogP contribution in [0.5, 0.6) is 11.5 Å². The van der Waals surface area contributed by atoms with Gasteiger partial charge in [-0.1, -0.05) is 0 Å². The predicted molar refractivity (Wildman–Crippen MR) is 74.3 cm³/mol. The van der Waals surface area contributed by atoms with E-state index in [1.807, 2.05) is 0 Å². The maximum Gasteiger partial charge on any atom is 0.163 e. The van der Waals surface area contributed by atoms with Gasteiger partial charge in [0.2, 0.25) is 0 Å². The van der Waals surface area contributed by atoms with Gasteiger partial charge in [-0.3, -0.25) is 0 Å². The van der Waals surface area contributed by atoms with Crippen LogP contribution in [0.4, 0.5) is 5.69 Å². The number of hydrogen-bond acceptors (Lipinski definition) is 4. The van der Waals surface area contributed by atoms with E-state index in [9.17, 15) is 0 Å². The fourth-order valence-corrected chi connectivity index (χ4v) is 3.64. The number of fused-ring (bicyclic) bond motifs is 4. The summed E-state index contributed by atoms with van der Waals surface area (Å²) < 4.78 is 11.4. The highest BCUT2D eigenvalue weighted by atomic mass is 16.6. The number of nitrogens with one attached hydrogen (secondary N) is 1. The molecular weight excluding hydrogens is 240 g/mol. The topological polar surface area (TPSA) is 33.7 Å². The first-order valence-electron chi connectivity index (χ1n) is 7.17. The number of piperidine rings is 1. The number of nitrogens with zero attached hydrogens (tertiary/aromatic N) is 1. The Bertz CT molecular complexity index is 503. The molecule has 1 aromatic rings.